The van der Waals surface area contributed by atoms with Crippen molar-refractivity contribution in [1.82, 2.24) is 19.9 Å². The average molecular weight is 573 g/mol. The lowest BCUT2D eigenvalue weighted by Gasteiger charge is -2.34. The summed E-state index contributed by atoms with van der Waals surface area (Å²) in [6, 6.07) is 4.54. The first kappa shape index (κ1) is 31.9. The lowest BCUT2D eigenvalue weighted by molar-refractivity contribution is -0.134. The maximum atomic E-state index is 13.4. The molecule has 0 unspecified atom stereocenters. The molecule has 41 heavy (non-hydrogen) atoms. The Hall–Kier alpha value is -3.64. The number of carbonyl (C=O) groups is 3. The molecule has 3 rings (SSSR count). The van der Waals surface area contributed by atoms with Gasteiger partial charge in [-0.25, -0.2) is 4.79 Å². The highest BCUT2D eigenvalue weighted by Gasteiger charge is 2.32. The molecule has 0 spiro atoms. The van der Waals surface area contributed by atoms with Gasteiger partial charge in [0.1, 0.15) is 23.2 Å². The third kappa shape index (κ3) is 8.67. The number of aliphatic hydroxyl groups excluding tert-OH is 1. The van der Waals surface area contributed by atoms with Crippen molar-refractivity contribution in [3.8, 4) is 5.75 Å². The maximum absolute atomic E-state index is 13.4. The Bertz CT molecular complexity index is 1190. The smallest absolute Gasteiger partial charge is 0.321 e. The summed E-state index contributed by atoms with van der Waals surface area (Å²) in [4.78, 5) is 44.2. The van der Waals surface area contributed by atoms with E-state index in [1.807, 2.05) is 25.9 Å². The van der Waals surface area contributed by atoms with E-state index in [1.54, 1.807) is 50.9 Å². The molecular weight excluding hydrogens is 528 g/mol. The Morgan fingerprint density at radius 2 is 1.95 bits per heavy atom. The number of hydrogen-bond acceptors (Lipinski definition) is 8. The summed E-state index contributed by atoms with van der Waals surface area (Å²) in [5.41, 5.74) is 2.31. The highest BCUT2D eigenvalue weighted by molar-refractivity contribution is 5.91. The van der Waals surface area contributed by atoms with Crippen molar-refractivity contribution in [2.45, 2.75) is 59.1 Å². The number of carbonyl (C=O) groups excluding carboxylic acids is 3. The van der Waals surface area contributed by atoms with E-state index in [0.29, 0.717) is 47.1 Å². The van der Waals surface area contributed by atoms with Crippen molar-refractivity contribution >= 4 is 29.2 Å². The molecule has 12 nitrogen and oxygen atoms in total. The molecule has 2 heterocycles. The SMILES string of the molecule is Cc1noc(C)c1NC(=O)N(C)C[C@H]1Oc2ccc(NC(=O)CCCN(C)C)cc2CC(=O)N([C@@H](C)CO)C[C@@H]1C. The lowest BCUT2D eigenvalue weighted by Crippen LogP contribution is -2.48. The van der Waals surface area contributed by atoms with Gasteiger partial charge >= 0.3 is 6.03 Å². The normalized spacial score (nSPS) is 18.1. The van der Waals surface area contributed by atoms with Crippen LogP contribution >= 0.6 is 0 Å². The number of rotatable bonds is 10. The Kier molecular flexibility index (Phi) is 11.1. The summed E-state index contributed by atoms with van der Waals surface area (Å²) in [7, 11) is 5.60. The summed E-state index contributed by atoms with van der Waals surface area (Å²) in [6.45, 7) is 8.44. The van der Waals surface area contributed by atoms with Crippen LogP contribution in [-0.4, -0.2) is 102 Å². The summed E-state index contributed by atoms with van der Waals surface area (Å²) >= 11 is 0. The molecule has 1 aliphatic heterocycles. The fourth-order valence-electron chi connectivity index (χ4n) is 4.72. The van der Waals surface area contributed by atoms with Crippen molar-refractivity contribution in [3.05, 3.63) is 35.2 Å². The van der Waals surface area contributed by atoms with E-state index in [2.05, 4.69) is 15.8 Å². The molecule has 0 aliphatic carbocycles. The zero-order valence-corrected chi connectivity index (χ0v) is 25.2. The highest BCUT2D eigenvalue weighted by atomic mass is 16.5. The second-order valence-electron chi connectivity index (χ2n) is 11.2. The van der Waals surface area contributed by atoms with Crippen LogP contribution in [0.15, 0.2) is 22.7 Å². The Balaban J connectivity index is 1.83. The summed E-state index contributed by atoms with van der Waals surface area (Å²) in [5, 5.41) is 19.5. The number of hydrogen-bond donors (Lipinski definition) is 3. The number of ether oxygens (including phenoxy) is 1. The second kappa shape index (κ2) is 14.3. The van der Waals surface area contributed by atoms with Crippen LogP contribution in [0.1, 0.15) is 43.7 Å². The standard InChI is InChI=1S/C29H44N6O6/c1-18-15-35(19(2)17-36)27(38)14-22-13-23(30-26(37)9-8-12-33(5)6)10-11-24(22)40-25(18)16-34(7)29(39)31-28-20(3)32-41-21(28)4/h10-11,13,18-19,25,36H,8-9,12,14-17H2,1-7H3,(H,30,37)(H,31,39)/t18-,19-,25+/m0/s1. The largest absolute Gasteiger partial charge is 0.488 e. The number of aliphatic hydroxyl groups is 1. The van der Waals surface area contributed by atoms with Gasteiger partial charge in [0.05, 0.1) is 25.6 Å². The van der Waals surface area contributed by atoms with Gasteiger partial charge in [-0.2, -0.15) is 0 Å². The van der Waals surface area contributed by atoms with Gasteiger partial charge in [0.2, 0.25) is 11.8 Å². The molecule has 0 fully saturated rings. The summed E-state index contributed by atoms with van der Waals surface area (Å²) < 4.78 is 11.6. The first-order valence-corrected chi connectivity index (χ1v) is 14.0. The van der Waals surface area contributed by atoms with E-state index in [0.717, 1.165) is 13.0 Å². The van der Waals surface area contributed by atoms with E-state index < -0.39 is 12.1 Å². The van der Waals surface area contributed by atoms with Gasteiger partial charge in [-0.15, -0.1) is 0 Å². The Morgan fingerprint density at radius 3 is 2.59 bits per heavy atom. The Labute approximate surface area is 242 Å². The number of aromatic nitrogens is 1. The molecule has 0 bridgehead atoms. The van der Waals surface area contributed by atoms with Crippen LogP contribution in [0.4, 0.5) is 16.2 Å². The zero-order valence-electron chi connectivity index (χ0n) is 25.2. The maximum Gasteiger partial charge on any atom is 0.321 e. The van der Waals surface area contributed by atoms with Crippen molar-refractivity contribution in [3.63, 3.8) is 0 Å². The first-order chi connectivity index (χ1) is 19.4. The zero-order chi connectivity index (χ0) is 30.3. The lowest BCUT2D eigenvalue weighted by atomic mass is 10.0. The Morgan fingerprint density at radius 1 is 1.22 bits per heavy atom. The first-order valence-electron chi connectivity index (χ1n) is 14.0. The van der Waals surface area contributed by atoms with Crippen LogP contribution in [0.25, 0.3) is 0 Å². The minimum Gasteiger partial charge on any atom is -0.488 e. The van der Waals surface area contributed by atoms with E-state index in [-0.39, 0.29) is 43.3 Å². The second-order valence-corrected chi connectivity index (χ2v) is 11.2. The molecule has 3 atom stereocenters. The summed E-state index contributed by atoms with van der Waals surface area (Å²) in [5.74, 6) is 0.596. The third-order valence-corrected chi connectivity index (χ3v) is 7.28. The molecule has 4 amide bonds. The number of likely N-dealkylation sites (N-methyl/N-ethyl adjacent to an activating group) is 1. The fraction of sp³-hybridized carbons (Fsp3) is 0.586. The minimum absolute atomic E-state index is 0.0474. The predicted octanol–water partition coefficient (Wildman–Crippen LogP) is 2.88. The van der Waals surface area contributed by atoms with E-state index in [1.165, 1.54) is 4.90 Å². The molecule has 0 saturated carbocycles. The fourth-order valence-corrected chi connectivity index (χ4v) is 4.72. The van der Waals surface area contributed by atoms with Gasteiger partial charge < -0.3 is 39.7 Å². The van der Waals surface area contributed by atoms with Crippen molar-refractivity contribution in [2.75, 3.05) is 58.0 Å². The number of nitrogens with zero attached hydrogens (tertiary/aromatic N) is 4. The number of nitrogens with one attached hydrogen (secondary N) is 2. The molecule has 226 valence electrons. The van der Waals surface area contributed by atoms with Crippen molar-refractivity contribution < 1.29 is 28.8 Å². The van der Waals surface area contributed by atoms with Gasteiger partial charge in [-0.05, 0) is 66.0 Å². The number of urea groups is 1. The van der Waals surface area contributed by atoms with Gasteiger partial charge in [-0.3, -0.25) is 9.59 Å². The molecule has 3 N–H and O–H groups in total. The number of anilines is 2. The van der Waals surface area contributed by atoms with Crippen LogP contribution in [0, 0.1) is 19.8 Å². The molecule has 0 radical (unpaired) electrons. The van der Waals surface area contributed by atoms with Gasteiger partial charge in [0, 0.05) is 37.2 Å². The molecule has 0 saturated heterocycles. The van der Waals surface area contributed by atoms with Crippen molar-refractivity contribution in [2.24, 2.45) is 5.92 Å². The van der Waals surface area contributed by atoms with Crippen LogP contribution in [-0.2, 0) is 16.0 Å². The monoisotopic (exact) mass is 572 g/mol. The number of aryl methyl sites for hydroxylation is 2. The molecular formula is C29H44N6O6. The molecule has 2 aromatic rings. The van der Waals surface area contributed by atoms with Crippen LogP contribution in [0.5, 0.6) is 5.75 Å². The summed E-state index contributed by atoms with van der Waals surface area (Å²) in [6.07, 6.45) is 0.691. The van der Waals surface area contributed by atoms with Crippen LogP contribution in [0.2, 0.25) is 0 Å². The van der Waals surface area contributed by atoms with Gasteiger partial charge in [-0.1, -0.05) is 12.1 Å². The highest BCUT2D eigenvalue weighted by Crippen LogP contribution is 2.29. The van der Waals surface area contributed by atoms with Gasteiger partial charge in [0.15, 0.2) is 5.76 Å². The topological polar surface area (TPSA) is 140 Å². The van der Waals surface area contributed by atoms with Gasteiger partial charge in [0.25, 0.3) is 0 Å². The quantitative estimate of drug-likeness (QED) is 0.395. The number of amides is 4. The molecule has 12 heteroatoms. The molecule has 1 aromatic heterocycles. The predicted molar refractivity (Wildman–Crippen MR) is 156 cm³/mol. The van der Waals surface area contributed by atoms with E-state index in [4.69, 9.17) is 9.26 Å². The molecule has 1 aromatic carbocycles. The molecule has 1 aliphatic rings. The van der Waals surface area contributed by atoms with Crippen molar-refractivity contribution in [1.29, 1.82) is 0 Å². The van der Waals surface area contributed by atoms with E-state index in [9.17, 15) is 19.5 Å². The van der Waals surface area contributed by atoms with Crippen LogP contribution < -0.4 is 15.4 Å². The number of fused-ring (bicyclic) bond motifs is 1. The van der Waals surface area contributed by atoms with E-state index >= 15 is 0 Å². The minimum atomic E-state index is -0.472. The number of benzene rings is 1. The average Bonchev–Trinajstić information content (AvgIpc) is 3.24. The van der Waals surface area contributed by atoms with Crippen LogP contribution in [0.3, 0.4) is 0 Å². The third-order valence-electron chi connectivity index (χ3n) is 7.28.